The van der Waals surface area contributed by atoms with Crippen molar-refractivity contribution in [3.8, 4) is 5.75 Å². The molecule has 28 heavy (non-hydrogen) atoms. The number of phenols is 1. The molecule has 144 valence electrons. The normalized spacial score (nSPS) is 11.4. The second-order valence-electron chi connectivity index (χ2n) is 6.05. The number of amides is 1. The number of carbonyl (C=O) groups excluding carboxylic acids is 1. The van der Waals surface area contributed by atoms with Gasteiger partial charge in [-0.2, -0.15) is 8.42 Å². The van der Waals surface area contributed by atoms with Crippen molar-refractivity contribution in [2.24, 2.45) is 0 Å². The van der Waals surface area contributed by atoms with Crippen LogP contribution in [0.1, 0.15) is 15.9 Å². The number of aryl methyl sites for hydroxylation is 1. The SMILES string of the molecule is Cc1ccc(C(=O)Nc2ccc(S(=O)(=O)O)c3cc(O)ccc23)c([N+](=O)[O-])c1. The van der Waals surface area contributed by atoms with Crippen molar-refractivity contribution in [3.05, 3.63) is 69.8 Å². The van der Waals surface area contributed by atoms with E-state index in [4.69, 9.17) is 0 Å². The fourth-order valence-electron chi connectivity index (χ4n) is 2.82. The Kier molecular flexibility index (Phi) is 4.75. The van der Waals surface area contributed by atoms with Gasteiger partial charge in [-0.05, 0) is 48.9 Å². The van der Waals surface area contributed by atoms with Gasteiger partial charge in [0.25, 0.3) is 21.7 Å². The summed E-state index contributed by atoms with van der Waals surface area (Å²) in [4.78, 5) is 22.7. The first-order valence-corrected chi connectivity index (χ1v) is 9.31. The molecule has 0 atom stereocenters. The number of anilines is 1. The average Bonchev–Trinajstić information content (AvgIpc) is 2.60. The van der Waals surface area contributed by atoms with E-state index in [2.05, 4.69) is 5.32 Å². The summed E-state index contributed by atoms with van der Waals surface area (Å²) in [6.07, 6.45) is 0. The predicted molar refractivity (Wildman–Crippen MR) is 101 cm³/mol. The molecule has 3 rings (SSSR count). The summed E-state index contributed by atoms with van der Waals surface area (Å²) in [5.41, 5.74) is 0.236. The quantitative estimate of drug-likeness (QED) is 0.345. The van der Waals surface area contributed by atoms with Gasteiger partial charge in [-0.25, -0.2) is 0 Å². The molecule has 3 aromatic carbocycles. The van der Waals surface area contributed by atoms with Crippen LogP contribution in [0, 0.1) is 17.0 Å². The summed E-state index contributed by atoms with van der Waals surface area (Å²) in [6.45, 7) is 1.66. The number of nitro groups is 1. The summed E-state index contributed by atoms with van der Waals surface area (Å²) in [6, 6.07) is 10.2. The van der Waals surface area contributed by atoms with E-state index in [0.29, 0.717) is 5.56 Å². The molecular formula is C18H14N2O7S. The molecule has 3 aromatic rings. The summed E-state index contributed by atoms with van der Waals surface area (Å²) < 4.78 is 32.5. The number of fused-ring (bicyclic) bond motifs is 1. The van der Waals surface area contributed by atoms with Crippen molar-refractivity contribution < 1.29 is 27.8 Å². The van der Waals surface area contributed by atoms with E-state index in [1.54, 1.807) is 13.0 Å². The summed E-state index contributed by atoms with van der Waals surface area (Å²) in [5.74, 6) is -1.00. The number of hydrogen-bond acceptors (Lipinski definition) is 6. The van der Waals surface area contributed by atoms with Gasteiger partial charge in [0, 0.05) is 22.5 Å². The van der Waals surface area contributed by atoms with Crippen LogP contribution in [0.5, 0.6) is 5.75 Å². The van der Waals surface area contributed by atoms with Crippen molar-refractivity contribution in [1.82, 2.24) is 0 Å². The van der Waals surface area contributed by atoms with Crippen molar-refractivity contribution in [2.75, 3.05) is 5.32 Å². The van der Waals surface area contributed by atoms with Crippen molar-refractivity contribution in [2.45, 2.75) is 11.8 Å². The monoisotopic (exact) mass is 402 g/mol. The Balaban J connectivity index is 2.12. The minimum atomic E-state index is -4.58. The number of phenolic OH excluding ortho intramolecular Hbond substituents is 1. The van der Waals surface area contributed by atoms with Gasteiger partial charge in [0.15, 0.2) is 0 Å². The second kappa shape index (κ2) is 6.91. The molecular weight excluding hydrogens is 388 g/mol. The minimum absolute atomic E-state index is 0.0151. The van der Waals surface area contributed by atoms with Crippen LogP contribution in [0.2, 0.25) is 0 Å². The molecule has 0 aliphatic carbocycles. The zero-order valence-corrected chi connectivity index (χ0v) is 15.2. The first-order chi connectivity index (χ1) is 13.1. The van der Waals surface area contributed by atoms with Crippen molar-refractivity contribution >= 4 is 38.2 Å². The van der Waals surface area contributed by atoms with Crippen LogP contribution in [0.25, 0.3) is 10.8 Å². The number of carbonyl (C=O) groups is 1. The average molecular weight is 402 g/mol. The third-order valence-electron chi connectivity index (χ3n) is 4.08. The largest absolute Gasteiger partial charge is 0.508 e. The number of nitrogens with zero attached hydrogens (tertiary/aromatic N) is 1. The van der Waals surface area contributed by atoms with E-state index in [9.17, 15) is 33.0 Å². The number of rotatable bonds is 4. The molecule has 0 heterocycles. The summed E-state index contributed by atoms with van der Waals surface area (Å²) >= 11 is 0. The highest BCUT2D eigenvalue weighted by molar-refractivity contribution is 7.86. The van der Waals surface area contributed by atoms with E-state index in [1.807, 2.05) is 0 Å². The van der Waals surface area contributed by atoms with Crippen molar-refractivity contribution in [1.29, 1.82) is 0 Å². The topological polar surface area (TPSA) is 147 Å². The van der Waals surface area contributed by atoms with Gasteiger partial charge in [-0.3, -0.25) is 19.5 Å². The maximum absolute atomic E-state index is 12.6. The Morgan fingerprint density at radius 1 is 1.07 bits per heavy atom. The lowest BCUT2D eigenvalue weighted by atomic mass is 10.1. The Morgan fingerprint density at radius 3 is 2.43 bits per heavy atom. The molecule has 0 saturated carbocycles. The molecule has 0 saturated heterocycles. The van der Waals surface area contributed by atoms with E-state index < -0.39 is 25.8 Å². The molecule has 0 unspecified atom stereocenters. The van der Waals surface area contributed by atoms with Gasteiger partial charge >= 0.3 is 0 Å². The van der Waals surface area contributed by atoms with E-state index in [1.165, 1.54) is 30.3 Å². The van der Waals surface area contributed by atoms with Crippen LogP contribution in [-0.2, 0) is 10.1 Å². The molecule has 9 nitrogen and oxygen atoms in total. The Labute approximate surface area is 159 Å². The summed E-state index contributed by atoms with van der Waals surface area (Å²) in [7, 11) is -4.58. The molecule has 3 N–H and O–H groups in total. The zero-order valence-electron chi connectivity index (χ0n) is 14.4. The van der Waals surface area contributed by atoms with Crippen LogP contribution in [0.4, 0.5) is 11.4 Å². The van der Waals surface area contributed by atoms with Crippen LogP contribution in [0.3, 0.4) is 0 Å². The lowest BCUT2D eigenvalue weighted by molar-refractivity contribution is -0.385. The highest BCUT2D eigenvalue weighted by Crippen LogP contribution is 2.33. The first-order valence-electron chi connectivity index (χ1n) is 7.87. The molecule has 0 aromatic heterocycles. The van der Waals surface area contributed by atoms with Crippen LogP contribution in [0.15, 0.2) is 53.4 Å². The highest BCUT2D eigenvalue weighted by atomic mass is 32.2. The van der Waals surface area contributed by atoms with Crippen LogP contribution < -0.4 is 5.32 Å². The number of nitrogens with one attached hydrogen (secondary N) is 1. The predicted octanol–water partition coefficient (Wildman–Crippen LogP) is 3.26. The van der Waals surface area contributed by atoms with Crippen molar-refractivity contribution in [3.63, 3.8) is 0 Å². The summed E-state index contributed by atoms with van der Waals surface area (Å²) in [5, 5.41) is 23.6. The number of nitro benzene ring substituents is 1. The van der Waals surface area contributed by atoms with Crippen LogP contribution >= 0.6 is 0 Å². The van der Waals surface area contributed by atoms with E-state index in [-0.39, 0.29) is 33.5 Å². The smallest absolute Gasteiger partial charge is 0.295 e. The van der Waals surface area contributed by atoms with E-state index >= 15 is 0 Å². The fraction of sp³-hybridized carbons (Fsp3) is 0.0556. The lowest BCUT2D eigenvalue weighted by Crippen LogP contribution is -2.14. The third kappa shape index (κ3) is 3.63. The maximum atomic E-state index is 12.6. The molecule has 10 heteroatoms. The third-order valence-corrected chi connectivity index (χ3v) is 4.99. The molecule has 0 aliphatic heterocycles. The van der Waals surface area contributed by atoms with Gasteiger partial charge in [0.2, 0.25) is 0 Å². The number of benzene rings is 3. The maximum Gasteiger partial charge on any atom is 0.295 e. The zero-order chi connectivity index (χ0) is 20.6. The lowest BCUT2D eigenvalue weighted by Gasteiger charge is -2.12. The molecule has 0 bridgehead atoms. The van der Waals surface area contributed by atoms with Crippen LogP contribution in [-0.4, -0.2) is 28.9 Å². The molecule has 1 amide bonds. The second-order valence-corrected chi connectivity index (χ2v) is 7.44. The van der Waals surface area contributed by atoms with Gasteiger partial charge in [-0.1, -0.05) is 6.07 Å². The minimum Gasteiger partial charge on any atom is -0.508 e. The Bertz CT molecular complexity index is 1240. The van der Waals surface area contributed by atoms with Gasteiger partial charge in [0.1, 0.15) is 16.2 Å². The standard InChI is InChI=1S/C18H14N2O7S/c1-10-2-4-13(16(8-10)20(23)24)18(22)19-15-6-7-17(28(25,26)27)14-9-11(21)3-5-12(14)15/h2-9,21H,1H3,(H,19,22)(H,25,26,27). The Morgan fingerprint density at radius 2 is 1.79 bits per heavy atom. The first kappa shape index (κ1) is 19.3. The molecule has 0 aliphatic rings. The number of hydrogen-bond donors (Lipinski definition) is 3. The number of aromatic hydroxyl groups is 1. The van der Waals surface area contributed by atoms with Gasteiger partial charge < -0.3 is 10.4 Å². The molecule has 0 radical (unpaired) electrons. The molecule has 0 fully saturated rings. The van der Waals surface area contributed by atoms with Gasteiger partial charge in [-0.15, -0.1) is 0 Å². The fourth-order valence-corrected chi connectivity index (χ4v) is 3.50. The van der Waals surface area contributed by atoms with E-state index in [0.717, 1.165) is 12.1 Å². The Hall–Kier alpha value is -3.50. The van der Waals surface area contributed by atoms with Gasteiger partial charge in [0.05, 0.1) is 4.92 Å². The molecule has 0 spiro atoms. The highest BCUT2D eigenvalue weighted by Gasteiger charge is 2.22.